The number of carbonyl (C=O) groups excluding carboxylic acids is 2. The predicted octanol–water partition coefficient (Wildman–Crippen LogP) is 3.33. The predicted molar refractivity (Wildman–Crippen MR) is 118 cm³/mol. The van der Waals surface area contributed by atoms with Crippen LogP contribution in [0.25, 0.3) is 0 Å². The first-order chi connectivity index (χ1) is 14.4. The van der Waals surface area contributed by atoms with Crippen LogP contribution in [-0.4, -0.2) is 61.2 Å². The van der Waals surface area contributed by atoms with Crippen LogP contribution in [0.2, 0.25) is 0 Å². The van der Waals surface area contributed by atoms with Gasteiger partial charge in [0.2, 0.25) is 11.1 Å². The Hall–Kier alpha value is -2.31. The largest absolute Gasteiger partial charge is 0.338 e. The molecule has 4 heterocycles. The molecule has 0 radical (unpaired) electrons. The first-order valence-corrected chi connectivity index (χ1v) is 12.3. The number of hydrogen-bond donors (Lipinski definition) is 2. The Kier molecular flexibility index (Phi) is 6.16. The number of likely N-dealkylation sites (tertiary alicyclic amines) is 1. The van der Waals surface area contributed by atoms with Crippen LogP contribution in [0.3, 0.4) is 0 Å². The summed E-state index contributed by atoms with van der Waals surface area (Å²) in [6.07, 6.45) is 3.52. The van der Waals surface area contributed by atoms with E-state index in [0.29, 0.717) is 29.9 Å². The van der Waals surface area contributed by atoms with Crippen LogP contribution in [0, 0.1) is 13.8 Å². The summed E-state index contributed by atoms with van der Waals surface area (Å²) >= 11 is 4.32. The normalized spacial score (nSPS) is 14.8. The van der Waals surface area contributed by atoms with Crippen molar-refractivity contribution in [1.29, 1.82) is 0 Å². The van der Waals surface area contributed by atoms with E-state index in [4.69, 9.17) is 0 Å². The van der Waals surface area contributed by atoms with Crippen molar-refractivity contribution in [3.8, 4) is 0 Å². The summed E-state index contributed by atoms with van der Waals surface area (Å²) < 4.78 is 0. The van der Waals surface area contributed by atoms with Gasteiger partial charge < -0.3 is 4.90 Å². The summed E-state index contributed by atoms with van der Waals surface area (Å²) in [5.74, 6) is 0.301. The Morgan fingerprint density at radius 2 is 2.00 bits per heavy atom. The fourth-order valence-electron chi connectivity index (χ4n) is 3.35. The average Bonchev–Trinajstić information content (AvgIpc) is 3.47. The highest BCUT2D eigenvalue weighted by molar-refractivity contribution is 7.98. The van der Waals surface area contributed by atoms with Crippen molar-refractivity contribution >= 4 is 52.2 Å². The van der Waals surface area contributed by atoms with Gasteiger partial charge in [-0.1, -0.05) is 11.8 Å². The van der Waals surface area contributed by atoms with Gasteiger partial charge in [-0.3, -0.25) is 14.9 Å². The van der Waals surface area contributed by atoms with Crippen LogP contribution < -0.4 is 5.32 Å². The number of hydrogen-bond acceptors (Lipinski definition) is 9. The summed E-state index contributed by atoms with van der Waals surface area (Å²) in [4.78, 5) is 40.9. The summed E-state index contributed by atoms with van der Waals surface area (Å²) in [7, 11) is 0. The highest BCUT2D eigenvalue weighted by atomic mass is 32.2. The molecule has 1 aliphatic rings. The molecule has 0 bridgehead atoms. The molecule has 0 saturated carbocycles. The number of H-pyrrole nitrogens is 1. The molecule has 0 atom stereocenters. The molecule has 1 fully saturated rings. The number of nitrogens with one attached hydrogen (secondary N) is 2. The fraction of sp³-hybridized carbons (Fsp3) is 0.444. The lowest BCUT2D eigenvalue weighted by atomic mass is 9.97. The molecule has 158 valence electrons. The smallest absolute Gasteiger partial charge is 0.277 e. The number of nitrogens with zero attached hydrogens (tertiary/aromatic N) is 5. The molecule has 4 rings (SSSR count). The third kappa shape index (κ3) is 4.40. The van der Waals surface area contributed by atoms with Crippen molar-refractivity contribution in [1.82, 2.24) is 30.0 Å². The summed E-state index contributed by atoms with van der Waals surface area (Å²) in [6.45, 7) is 5.15. The van der Waals surface area contributed by atoms with E-state index in [-0.39, 0.29) is 17.7 Å². The molecule has 1 aliphatic heterocycles. The van der Waals surface area contributed by atoms with Crippen LogP contribution in [0.4, 0.5) is 5.95 Å². The maximum Gasteiger partial charge on any atom is 0.277 e. The van der Waals surface area contributed by atoms with Crippen molar-refractivity contribution in [3.05, 3.63) is 31.7 Å². The number of aromatic amines is 1. The summed E-state index contributed by atoms with van der Waals surface area (Å²) in [5.41, 5.74) is 1.17. The van der Waals surface area contributed by atoms with E-state index in [9.17, 15) is 9.59 Å². The lowest BCUT2D eigenvalue weighted by Gasteiger charge is -2.30. The van der Waals surface area contributed by atoms with Crippen molar-refractivity contribution in [2.45, 2.75) is 37.8 Å². The molecular weight excluding hydrogens is 442 g/mol. The number of thioether (sulfide) groups is 1. The number of aromatic nitrogens is 5. The minimum atomic E-state index is -0.315. The molecule has 3 aromatic heterocycles. The van der Waals surface area contributed by atoms with Crippen LogP contribution >= 0.6 is 34.4 Å². The molecular formula is C18H21N7O2S3. The number of piperidine rings is 1. The quantitative estimate of drug-likeness (QED) is 0.557. The van der Waals surface area contributed by atoms with E-state index < -0.39 is 0 Å². The third-order valence-corrected chi connectivity index (χ3v) is 7.48. The summed E-state index contributed by atoms with van der Waals surface area (Å²) in [5, 5.41) is 13.5. The average molecular weight is 464 g/mol. The van der Waals surface area contributed by atoms with Crippen molar-refractivity contribution in [2.24, 2.45) is 0 Å². The van der Waals surface area contributed by atoms with Crippen molar-refractivity contribution in [3.63, 3.8) is 0 Å². The Labute approximate surface area is 185 Å². The van der Waals surface area contributed by atoms with Crippen molar-refractivity contribution in [2.75, 3.05) is 24.7 Å². The minimum Gasteiger partial charge on any atom is -0.338 e. The van der Waals surface area contributed by atoms with Gasteiger partial charge in [0.15, 0.2) is 0 Å². The van der Waals surface area contributed by atoms with Gasteiger partial charge in [-0.15, -0.1) is 27.8 Å². The molecule has 0 unspecified atom stereocenters. The third-order valence-electron chi connectivity index (χ3n) is 4.86. The van der Waals surface area contributed by atoms with Gasteiger partial charge in [0.05, 0.1) is 15.7 Å². The molecule has 0 aromatic carbocycles. The minimum absolute atomic E-state index is 0.0624. The van der Waals surface area contributed by atoms with Gasteiger partial charge in [0.1, 0.15) is 10.6 Å². The Bertz CT molecular complexity index is 1070. The molecule has 3 aromatic rings. The van der Waals surface area contributed by atoms with Gasteiger partial charge in [-0.05, 0) is 32.9 Å². The van der Waals surface area contributed by atoms with Crippen LogP contribution in [-0.2, 0) is 0 Å². The van der Waals surface area contributed by atoms with E-state index in [0.717, 1.165) is 33.4 Å². The SMILES string of the molecule is CSc1n[nH]c(NC(=O)c2csc(C3CCN(C(=O)c4sc(C)nc4C)CC3)n2)n1. The Balaban J connectivity index is 1.35. The van der Waals surface area contributed by atoms with E-state index in [1.54, 1.807) is 5.38 Å². The number of aryl methyl sites for hydroxylation is 2. The van der Waals surface area contributed by atoms with Crippen LogP contribution in [0.5, 0.6) is 0 Å². The number of amides is 2. The monoisotopic (exact) mass is 463 g/mol. The number of anilines is 1. The zero-order valence-corrected chi connectivity index (χ0v) is 19.2. The van der Waals surface area contributed by atoms with Gasteiger partial charge >= 0.3 is 0 Å². The lowest BCUT2D eigenvalue weighted by Crippen LogP contribution is -2.37. The van der Waals surface area contributed by atoms with E-state index in [2.05, 4.69) is 30.5 Å². The second-order valence-electron chi connectivity index (χ2n) is 6.91. The second-order valence-corrected chi connectivity index (χ2v) is 9.78. The van der Waals surface area contributed by atoms with E-state index in [1.165, 1.54) is 34.4 Å². The fourth-order valence-corrected chi connectivity index (χ4v) is 5.53. The molecule has 1 saturated heterocycles. The van der Waals surface area contributed by atoms with Gasteiger partial charge in [-0.2, -0.15) is 4.98 Å². The van der Waals surface area contributed by atoms with Crippen LogP contribution in [0.15, 0.2) is 10.5 Å². The maximum absolute atomic E-state index is 12.8. The first-order valence-electron chi connectivity index (χ1n) is 9.41. The lowest BCUT2D eigenvalue weighted by molar-refractivity contribution is 0.0717. The number of thiazole rings is 2. The second kappa shape index (κ2) is 8.82. The zero-order valence-electron chi connectivity index (χ0n) is 16.8. The Morgan fingerprint density at radius 1 is 1.23 bits per heavy atom. The first kappa shape index (κ1) is 20.9. The van der Waals surface area contributed by atoms with Crippen molar-refractivity contribution < 1.29 is 9.59 Å². The molecule has 9 nitrogen and oxygen atoms in total. The van der Waals surface area contributed by atoms with E-state index >= 15 is 0 Å². The highest BCUT2D eigenvalue weighted by Crippen LogP contribution is 2.31. The number of carbonyl (C=O) groups is 2. The molecule has 2 N–H and O–H groups in total. The molecule has 30 heavy (non-hydrogen) atoms. The topological polar surface area (TPSA) is 117 Å². The Morgan fingerprint density at radius 3 is 2.63 bits per heavy atom. The van der Waals surface area contributed by atoms with Crippen LogP contribution in [0.1, 0.15) is 54.6 Å². The maximum atomic E-state index is 12.8. The molecule has 0 aliphatic carbocycles. The molecule has 2 amide bonds. The number of rotatable bonds is 5. The molecule has 0 spiro atoms. The van der Waals surface area contributed by atoms with Gasteiger partial charge in [-0.25, -0.2) is 15.1 Å². The zero-order chi connectivity index (χ0) is 21.3. The summed E-state index contributed by atoms with van der Waals surface area (Å²) in [6, 6.07) is 0. The molecule has 12 heteroatoms. The van der Waals surface area contributed by atoms with E-state index in [1.807, 2.05) is 25.0 Å². The standard InChI is InChI=1S/C18H21N7O2S3/c1-9-13(30-10(2)19-9)16(27)25-6-4-11(5-7-25)15-20-12(8-29-15)14(26)21-17-22-18(28-3)24-23-17/h8,11H,4-7H2,1-3H3,(H2,21,22,23,24,26). The van der Waals surface area contributed by atoms with Gasteiger partial charge in [0.25, 0.3) is 11.8 Å². The van der Waals surface area contributed by atoms with Gasteiger partial charge in [0, 0.05) is 24.4 Å². The highest BCUT2D eigenvalue weighted by Gasteiger charge is 2.28.